The fraction of sp³-hybridized carbons (Fsp3) is 0.200. The maximum absolute atomic E-state index is 13.4. The number of aliphatic hydroxyl groups is 1. The summed E-state index contributed by atoms with van der Waals surface area (Å²) in [6.45, 7) is -0.119. The quantitative estimate of drug-likeness (QED) is 0.801. The Morgan fingerprint density at radius 2 is 2.21 bits per heavy atom. The molecule has 0 atom stereocenters. The second kappa shape index (κ2) is 3.55. The Hall–Kier alpha value is -1.13. The van der Waals surface area contributed by atoms with E-state index < -0.39 is 5.82 Å². The van der Waals surface area contributed by atoms with Crippen molar-refractivity contribution in [3.05, 3.63) is 28.9 Å². The minimum absolute atomic E-state index is 0.119. The SMILES string of the molecule is OCCc1cc2ccsc2c(O)c1F. The van der Waals surface area contributed by atoms with Crippen molar-refractivity contribution < 1.29 is 14.6 Å². The molecule has 0 aliphatic carbocycles. The van der Waals surface area contributed by atoms with E-state index in [0.717, 1.165) is 5.39 Å². The number of hydrogen-bond acceptors (Lipinski definition) is 3. The molecule has 2 N–H and O–H groups in total. The van der Waals surface area contributed by atoms with Gasteiger partial charge in [-0.25, -0.2) is 4.39 Å². The molecule has 1 aromatic carbocycles. The normalized spacial score (nSPS) is 11.0. The van der Waals surface area contributed by atoms with Crippen LogP contribution in [0.3, 0.4) is 0 Å². The van der Waals surface area contributed by atoms with Crippen LogP contribution in [-0.2, 0) is 6.42 Å². The largest absolute Gasteiger partial charge is 0.504 e. The zero-order valence-corrected chi connectivity index (χ0v) is 8.14. The van der Waals surface area contributed by atoms with Crippen molar-refractivity contribution in [2.45, 2.75) is 6.42 Å². The molecule has 2 nitrogen and oxygen atoms in total. The van der Waals surface area contributed by atoms with Crippen molar-refractivity contribution in [2.75, 3.05) is 6.61 Å². The third-order valence-electron chi connectivity index (χ3n) is 2.11. The van der Waals surface area contributed by atoms with Gasteiger partial charge in [-0.3, -0.25) is 0 Å². The highest BCUT2D eigenvalue weighted by Gasteiger charge is 2.12. The van der Waals surface area contributed by atoms with Gasteiger partial charge in [0, 0.05) is 6.61 Å². The first-order valence-electron chi connectivity index (χ1n) is 4.22. The van der Waals surface area contributed by atoms with Crippen LogP contribution in [0, 0.1) is 5.82 Å². The maximum Gasteiger partial charge on any atom is 0.169 e. The van der Waals surface area contributed by atoms with E-state index >= 15 is 0 Å². The average molecular weight is 212 g/mol. The number of aromatic hydroxyl groups is 1. The van der Waals surface area contributed by atoms with E-state index in [9.17, 15) is 9.50 Å². The van der Waals surface area contributed by atoms with Gasteiger partial charge in [-0.05, 0) is 34.9 Å². The molecule has 1 heterocycles. The zero-order chi connectivity index (χ0) is 10.1. The molecule has 14 heavy (non-hydrogen) atoms. The minimum Gasteiger partial charge on any atom is -0.504 e. The van der Waals surface area contributed by atoms with E-state index in [1.807, 2.05) is 6.07 Å². The molecular weight excluding hydrogens is 203 g/mol. The maximum atomic E-state index is 13.4. The van der Waals surface area contributed by atoms with Gasteiger partial charge >= 0.3 is 0 Å². The summed E-state index contributed by atoms with van der Waals surface area (Å²) in [5.74, 6) is -0.921. The van der Waals surface area contributed by atoms with Gasteiger partial charge in [0.1, 0.15) is 0 Å². The molecule has 4 heteroatoms. The Bertz CT molecular complexity index is 464. The molecule has 0 aliphatic heterocycles. The lowest BCUT2D eigenvalue weighted by Gasteiger charge is -2.04. The summed E-state index contributed by atoms with van der Waals surface area (Å²) in [7, 11) is 0. The number of thiophene rings is 1. The van der Waals surface area contributed by atoms with Crippen molar-refractivity contribution in [1.29, 1.82) is 0 Å². The Morgan fingerprint density at radius 3 is 2.93 bits per heavy atom. The fourth-order valence-electron chi connectivity index (χ4n) is 1.43. The molecule has 1 aromatic heterocycles. The van der Waals surface area contributed by atoms with Gasteiger partial charge in [-0.2, -0.15) is 0 Å². The van der Waals surface area contributed by atoms with Gasteiger partial charge in [0.2, 0.25) is 0 Å². The number of fused-ring (bicyclic) bond motifs is 1. The van der Waals surface area contributed by atoms with Crippen molar-refractivity contribution >= 4 is 21.4 Å². The molecule has 0 saturated heterocycles. The summed E-state index contributed by atoms with van der Waals surface area (Å²) in [5.41, 5.74) is 0.357. The molecule has 74 valence electrons. The molecule has 0 amide bonds. The highest BCUT2D eigenvalue weighted by molar-refractivity contribution is 7.17. The standard InChI is InChI=1S/C10H9FO2S/c11-8-6(1-3-12)5-7-2-4-14-10(7)9(8)13/h2,4-5,12-13H,1,3H2. The first-order chi connectivity index (χ1) is 6.74. The van der Waals surface area contributed by atoms with Gasteiger partial charge in [0.25, 0.3) is 0 Å². The van der Waals surface area contributed by atoms with Crippen LogP contribution in [0.25, 0.3) is 10.1 Å². The third kappa shape index (κ3) is 1.36. The summed E-state index contributed by atoms with van der Waals surface area (Å²) in [6, 6.07) is 3.48. The Kier molecular flexibility index (Phi) is 2.39. The molecule has 0 bridgehead atoms. The second-order valence-corrected chi connectivity index (χ2v) is 3.93. The van der Waals surface area contributed by atoms with Crippen molar-refractivity contribution in [2.24, 2.45) is 0 Å². The highest BCUT2D eigenvalue weighted by Crippen LogP contribution is 2.34. The Labute approximate surface area is 84.2 Å². The van der Waals surface area contributed by atoms with Gasteiger partial charge in [0.15, 0.2) is 11.6 Å². The molecule has 2 rings (SSSR count). The van der Waals surface area contributed by atoms with Crippen molar-refractivity contribution in [3.63, 3.8) is 0 Å². The summed E-state index contributed by atoms with van der Waals surface area (Å²) in [4.78, 5) is 0. The number of halogens is 1. The van der Waals surface area contributed by atoms with Crippen LogP contribution in [-0.4, -0.2) is 16.8 Å². The van der Waals surface area contributed by atoms with E-state index in [4.69, 9.17) is 5.11 Å². The molecule has 2 aromatic rings. The van der Waals surface area contributed by atoms with Crippen LogP contribution >= 0.6 is 11.3 Å². The number of phenols is 1. The minimum atomic E-state index is -0.617. The summed E-state index contributed by atoms with van der Waals surface area (Å²) in [6.07, 6.45) is 0.227. The molecule has 0 aliphatic rings. The number of aliphatic hydroxyl groups excluding tert-OH is 1. The number of rotatable bonds is 2. The second-order valence-electron chi connectivity index (χ2n) is 3.01. The van der Waals surface area contributed by atoms with Crippen molar-refractivity contribution in [1.82, 2.24) is 0 Å². The molecule has 0 saturated carbocycles. The topological polar surface area (TPSA) is 40.5 Å². The predicted octanol–water partition coefficient (Wildman–Crippen LogP) is 2.28. The van der Waals surface area contributed by atoms with E-state index in [1.165, 1.54) is 11.3 Å². The van der Waals surface area contributed by atoms with E-state index in [2.05, 4.69) is 0 Å². The van der Waals surface area contributed by atoms with Crippen LogP contribution in [0.4, 0.5) is 4.39 Å². The van der Waals surface area contributed by atoms with Gasteiger partial charge in [0.05, 0.1) is 4.70 Å². The molecular formula is C10H9FO2S. The van der Waals surface area contributed by atoms with Crippen LogP contribution in [0.1, 0.15) is 5.56 Å². The third-order valence-corrected chi connectivity index (χ3v) is 3.05. The van der Waals surface area contributed by atoms with Gasteiger partial charge in [-0.15, -0.1) is 11.3 Å². The van der Waals surface area contributed by atoms with Gasteiger partial charge in [-0.1, -0.05) is 0 Å². The molecule has 0 unspecified atom stereocenters. The van der Waals surface area contributed by atoms with E-state index in [0.29, 0.717) is 10.3 Å². The Balaban J connectivity index is 2.67. The lowest BCUT2D eigenvalue weighted by molar-refractivity contribution is 0.297. The fourth-order valence-corrected chi connectivity index (χ4v) is 2.25. The number of phenolic OH excluding ortho intramolecular Hbond substituents is 1. The lowest BCUT2D eigenvalue weighted by atomic mass is 10.1. The molecule has 0 radical (unpaired) electrons. The Morgan fingerprint density at radius 1 is 1.43 bits per heavy atom. The molecule has 0 spiro atoms. The van der Waals surface area contributed by atoms with E-state index in [1.54, 1.807) is 11.4 Å². The van der Waals surface area contributed by atoms with Crippen LogP contribution in [0.5, 0.6) is 5.75 Å². The first-order valence-corrected chi connectivity index (χ1v) is 5.10. The predicted molar refractivity (Wildman–Crippen MR) is 54.2 cm³/mol. The van der Waals surface area contributed by atoms with Crippen molar-refractivity contribution in [3.8, 4) is 5.75 Å². The number of benzene rings is 1. The number of hydrogen-bond donors (Lipinski definition) is 2. The average Bonchev–Trinajstić information content (AvgIpc) is 2.62. The smallest absolute Gasteiger partial charge is 0.169 e. The molecule has 0 fully saturated rings. The monoisotopic (exact) mass is 212 g/mol. The van der Waals surface area contributed by atoms with Gasteiger partial charge < -0.3 is 10.2 Å². The lowest BCUT2D eigenvalue weighted by Crippen LogP contribution is -1.95. The summed E-state index contributed by atoms with van der Waals surface area (Å²) in [5, 5.41) is 20.8. The summed E-state index contributed by atoms with van der Waals surface area (Å²) >= 11 is 1.30. The van der Waals surface area contributed by atoms with Crippen LogP contribution < -0.4 is 0 Å². The van der Waals surface area contributed by atoms with E-state index in [-0.39, 0.29) is 18.8 Å². The summed E-state index contributed by atoms with van der Waals surface area (Å²) < 4.78 is 14.0. The first kappa shape index (κ1) is 9.43. The van der Waals surface area contributed by atoms with Crippen LogP contribution in [0.15, 0.2) is 17.5 Å². The highest BCUT2D eigenvalue weighted by atomic mass is 32.1. The zero-order valence-electron chi connectivity index (χ0n) is 7.33. The van der Waals surface area contributed by atoms with Crippen LogP contribution in [0.2, 0.25) is 0 Å².